The topological polar surface area (TPSA) is 69.4 Å². The number of rotatable bonds is 3. The molecule has 0 spiro atoms. The fourth-order valence-electron chi connectivity index (χ4n) is 2.70. The summed E-state index contributed by atoms with van der Waals surface area (Å²) in [5, 5.41) is 14.5. The van der Waals surface area contributed by atoms with Gasteiger partial charge in [-0.2, -0.15) is 5.10 Å². The number of aromatic nitrogens is 3. The van der Waals surface area contributed by atoms with E-state index in [1.165, 1.54) is 0 Å². The number of pyridine rings is 1. The molecule has 6 nitrogen and oxygen atoms in total. The lowest BCUT2D eigenvalue weighted by atomic mass is 10.1. The highest BCUT2D eigenvalue weighted by Gasteiger charge is 2.15. The van der Waals surface area contributed by atoms with Crippen molar-refractivity contribution in [3.63, 3.8) is 0 Å². The summed E-state index contributed by atoms with van der Waals surface area (Å²) in [5.41, 5.74) is 3.71. The molecule has 0 atom stereocenters. The monoisotopic (exact) mass is 297 g/mol. The Bertz CT molecular complexity index is 857. The second kappa shape index (κ2) is 4.99. The molecule has 0 radical (unpaired) electrons. The second-order valence-corrected chi connectivity index (χ2v) is 5.20. The molecule has 0 aliphatic carbocycles. The Hall–Kier alpha value is -2.60. The van der Waals surface area contributed by atoms with Gasteiger partial charge >= 0.3 is 0 Å². The number of aryl methyl sites for hydroxylation is 1. The maximum absolute atomic E-state index is 9.10. The van der Waals surface area contributed by atoms with Crippen molar-refractivity contribution in [3.8, 4) is 22.6 Å². The van der Waals surface area contributed by atoms with Crippen LogP contribution in [0.25, 0.3) is 22.2 Å². The number of nitrogens with zero attached hydrogens (tertiary/aromatic N) is 3. The minimum atomic E-state index is 0.0435. The second-order valence-electron chi connectivity index (χ2n) is 5.20. The average Bonchev–Trinajstić information content (AvgIpc) is 3.12. The van der Waals surface area contributed by atoms with Gasteiger partial charge in [0.1, 0.15) is 0 Å². The summed E-state index contributed by atoms with van der Waals surface area (Å²) < 4.78 is 12.5. The normalized spacial score (nSPS) is 13.0. The van der Waals surface area contributed by atoms with Crippen LogP contribution in [0.5, 0.6) is 11.5 Å². The molecule has 1 aliphatic heterocycles. The molecule has 0 amide bonds. The molecule has 3 aromatic rings. The highest BCUT2D eigenvalue weighted by molar-refractivity contribution is 5.83. The number of fused-ring (bicyclic) bond motifs is 2. The summed E-state index contributed by atoms with van der Waals surface area (Å²) >= 11 is 0. The Morgan fingerprint density at radius 2 is 2.05 bits per heavy atom. The van der Waals surface area contributed by atoms with Crippen molar-refractivity contribution < 1.29 is 14.6 Å². The molecule has 3 heterocycles. The Morgan fingerprint density at radius 1 is 1.18 bits per heavy atom. The lowest BCUT2D eigenvalue weighted by molar-refractivity contribution is 0.174. The van der Waals surface area contributed by atoms with Crippen LogP contribution in [0.4, 0.5) is 0 Å². The van der Waals surface area contributed by atoms with Crippen molar-refractivity contribution in [1.29, 1.82) is 0 Å². The number of aliphatic hydroxyl groups is 1. The van der Waals surface area contributed by atoms with Gasteiger partial charge in [-0.15, -0.1) is 0 Å². The maximum Gasteiger partial charge on any atom is 0.231 e. The van der Waals surface area contributed by atoms with E-state index in [1.54, 1.807) is 4.68 Å². The fraction of sp³-hybridized carbons (Fsp3) is 0.250. The van der Waals surface area contributed by atoms with Crippen molar-refractivity contribution in [1.82, 2.24) is 14.8 Å². The smallest absolute Gasteiger partial charge is 0.231 e. The van der Waals surface area contributed by atoms with E-state index in [1.807, 2.05) is 31.3 Å². The van der Waals surface area contributed by atoms with Gasteiger partial charge in [-0.05, 0) is 30.7 Å². The summed E-state index contributed by atoms with van der Waals surface area (Å²) in [6.45, 7) is 2.70. The number of benzene rings is 1. The van der Waals surface area contributed by atoms with Crippen LogP contribution in [-0.4, -0.2) is 33.3 Å². The predicted molar refractivity (Wildman–Crippen MR) is 80.9 cm³/mol. The van der Waals surface area contributed by atoms with Crippen molar-refractivity contribution in [3.05, 3.63) is 36.2 Å². The molecule has 0 saturated carbocycles. The van der Waals surface area contributed by atoms with Gasteiger partial charge in [-0.25, -0.2) is 9.67 Å². The highest BCUT2D eigenvalue weighted by atomic mass is 16.7. The zero-order valence-electron chi connectivity index (χ0n) is 12.1. The first-order valence-electron chi connectivity index (χ1n) is 7.10. The summed E-state index contributed by atoms with van der Waals surface area (Å²) in [6.07, 6.45) is 1.81. The Kier molecular flexibility index (Phi) is 2.97. The van der Waals surface area contributed by atoms with Gasteiger partial charge in [-0.3, -0.25) is 0 Å². The van der Waals surface area contributed by atoms with E-state index in [2.05, 4.69) is 16.1 Å². The lowest BCUT2D eigenvalue weighted by Crippen LogP contribution is -2.04. The van der Waals surface area contributed by atoms with Crippen molar-refractivity contribution in [2.75, 3.05) is 13.4 Å². The van der Waals surface area contributed by atoms with Gasteiger partial charge in [0.25, 0.3) is 0 Å². The summed E-state index contributed by atoms with van der Waals surface area (Å²) in [6, 6.07) is 7.92. The van der Waals surface area contributed by atoms with E-state index < -0.39 is 0 Å². The minimum absolute atomic E-state index is 0.0435. The van der Waals surface area contributed by atoms with Gasteiger partial charge in [0.15, 0.2) is 17.1 Å². The average molecular weight is 297 g/mol. The molecule has 0 fully saturated rings. The molecule has 0 saturated heterocycles. The fourth-order valence-corrected chi connectivity index (χ4v) is 2.70. The SMILES string of the molecule is Cc1nn(CCO)c2ncc(-c3ccc4c(c3)OCO4)cc12. The maximum atomic E-state index is 9.10. The molecule has 1 aromatic carbocycles. The van der Waals surface area contributed by atoms with Gasteiger partial charge in [0.2, 0.25) is 6.79 Å². The molecular weight excluding hydrogens is 282 g/mol. The first-order chi connectivity index (χ1) is 10.8. The molecule has 1 N–H and O–H groups in total. The van der Waals surface area contributed by atoms with Crippen LogP contribution < -0.4 is 9.47 Å². The number of ether oxygens (including phenoxy) is 2. The molecule has 22 heavy (non-hydrogen) atoms. The molecule has 0 bridgehead atoms. The van der Waals surface area contributed by atoms with Crippen LogP contribution in [0.2, 0.25) is 0 Å². The third kappa shape index (κ3) is 2.00. The number of hydrogen-bond donors (Lipinski definition) is 1. The Morgan fingerprint density at radius 3 is 2.91 bits per heavy atom. The van der Waals surface area contributed by atoms with Crippen LogP contribution >= 0.6 is 0 Å². The van der Waals surface area contributed by atoms with Crippen LogP contribution in [0.15, 0.2) is 30.5 Å². The zero-order chi connectivity index (χ0) is 15.1. The summed E-state index contributed by atoms with van der Waals surface area (Å²) in [7, 11) is 0. The van der Waals surface area contributed by atoms with Crippen LogP contribution in [0.3, 0.4) is 0 Å². The van der Waals surface area contributed by atoms with Gasteiger partial charge < -0.3 is 14.6 Å². The summed E-state index contributed by atoms with van der Waals surface area (Å²) in [4.78, 5) is 4.51. The van der Waals surface area contributed by atoms with Crippen LogP contribution in [0, 0.1) is 6.92 Å². The quantitative estimate of drug-likeness (QED) is 0.802. The van der Waals surface area contributed by atoms with E-state index >= 15 is 0 Å². The number of aliphatic hydroxyl groups excluding tert-OH is 1. The zero-order valence-corrected chi connectivity index (χ0v) is 12.1. The Balaban J connectivity index is 1.81. The third-order valence-corrected chi connectivity index (χ3v) is 3.79. The van der Waals surface area contributed by atoms with Crippen molar-refractivity contribution in [2.24, 2.45) is 0 Å². The van der Waals surface area contributed by atoms with Crippen LogP contribution in [-0.2, 0) is 6.54 Å². The van der Waals surface area contributed by atoms with E-state index in [9.17, 15) is 0 Å². The first kappa shape index (κ1) is 13.1. The van der Waals surface area contributed by atoms with E-state index in [0.717, 1.165) is 39.4 Å². The minimum Gasteiger partial charge on any atom is -0.454 e. The molecule has 0 unspecified atom stereocenters. The molecule has 1 aliphatic rings. The number of hydrogen-bond acceptors (Lipinski definition) is 5. The first-order valence-corrected chi connectivity index (χ1v) is 7.10. The van der Waals surface area contributed by atoms with Gasteiger partial charge in [0.05, 0.1) is 18.8 Å². The Labute approximate surface area is 126 Å². The van der Waals surface area contributed by atoms with E-state index in [-0.39, 0.29) is 13.4 Å². The largest absolute Gasteiger partial charge is 0.454 e. The highest BCUT2D eigenvalue weighted by Crippen LogP contribution is 2.36. The third-order valence-electron chi connectivity index (χ3n) is 3.79. The predicted octanol–water partition coefficient (Wildman–Crippen LogP) is 2.13. The molecule has 6 heteroatoms. The van der Waals surface area contributed by atoms with E-state index in [4.69, 9.17) is 14.6 Å². The molecular formula is C16H15N3O3. The molecule has 112 valence electrons. The van der Waals surface area contributed by atoms with Crippen LogP contribution in [0.1, 0.15) is 5.69 Å². The summed E-state index contributed by atoms with van der Waals surface area (Å²) in [5.74, 6) is 1.52. The molecule has 2 aromatic heterocycles. The van der Waals surface area contributed by atoms with E-state index in [0.29, 0.717) is 6.54 Å². The lowest BCUT2D eigenvalue weighted by Gasteiger charge is -2.04. The van der Waals surface area contributed by atoms with Crippen molar-refractivity contribution >= 4 is 11.0 Å². The standard InChI is InChI=1S/C16H15N3O3/c1-10-13-6-12(8-17-16(13)19(18-10)4-5-20)11-2-3-14-15(7-11)22-9-21-14/h2-3,6-8,20H,4-5,9H2,1H3. The van der Waals surface area contributed by atoms with Gasteiger partial charge in [-0.1, -0.05) is 6.07 Å². The molecule has 4 rings (SSSR count). The van der Waals surface area contributed by atoms with Gasteiger partial charge in [0, 0.05) is 17.1 Å². The van der Waals surface area contributed by atoms with Crippen molar-refractivity contribution in [2.45, 2.75) is 13.5 Å².